The molecule has 0 aromatic heterocycles. The summed E-state index contributed by atoms with van der Waals surface area (Å²) in [5, 5.41) is 0. The summed E-state index contributed by atoms with van der Waals surface area (Å²) in [7, 11) is 0. The SMILES string of the molecule is CCCOC(=O)C(CC)C(C(=O)OCCC)C1CCCCC1. The highest BCUT2D eigenvalue weighted by Gasteiger charge is 2.40. The molecule has 0 aromatic carbocycles. The van der Waals surface area contributed by atoms with Crippen molar-refractivity contribution < 1.29 is 19.1 Å². The molecule has 0 heterocycles. The topological polar surface area (TPSA) is 52.6 Å². The summed E-state index contributed by atoms with van der Waals surface area (Å²) in [5.41, 5.74) is 0. The first-order chi connectivity index (χ1) is 10.7. The van der Waals surface area contributed by atoms with Gasteiger partial charge in [0.1, 0.15) is 0 Å². The fourth-order valence-corrected chi connectivity index (χ4v) is 3.35. The maximum absolute atomic E-state index is 12.5. The van der Waals surface area contributed by atoms with Crippen LogP contribution >= 0.6 is 0 Å². The molecule has 128 valence electrons. The maximum atomic E-state index is 12.5. The van der Waals surface area contributed by atoms with E-state index >= 15 is 0 Å². The minimum Gasteiger partial charge on any atom is -0.465 e. The van der Waals surface area contributed by atoms with Crippen molar-refractivity contribution in [2.75, 3.05) is 13.2 Å². The Labute approximate surface area is 134 Å². The maximum Gasteiger partial charge on any atom is 0.310 e. The summed E-state index contributed by atoms with van der Waals surface area (Å²) >= 11 is 0. The van der Waals surface area contributed by atoms with E-state index in [0.29, 0.717) is 19.6 Å². The van der Waals surface area contributed by atoms with Gasteiger partial charge in [0.15, 0.2) is 0 Å². The van der Waals surface area contributed by atoms with Crippen molar-refractivity contribution in [1.29, 1.82) is 0 Å². The first kappa shape index (κ1) is 19.0. The molecular formula is C18H32O4. The van der Waals surface area contributed by atoms with Gasteiger partial charge in [-0.05, 0) is 38.0 Å². The van der Waals surface area contributed by atoms with Crippen LogP contribution in [0.4, 0.5) is 0 Å². The molecule has 0 N–H and O–H groups in total. The number of ether oxygens (including phenoxy) is 2. The molecule has 1 rings (SSSR count). The zero-order valence-corrected chi connectivity index (χ0v) is 14.4. The average Bonchev–Trinajstić information content (AvgIpc) is 2.55. The van der Waals surface area contributed by atoms with Crippen molar-refractivity contribution in [1.82, 2.24) is 0 Å². The van der Waals surface area contributed by atoms with Gasteiger partial charge in [-0.2, -0.15) is 0 Å². The van der Waals surface area contributed by atoms with Gasteiger partial charge in [-0.1, -0.05) is 40.0 Å². The van der Waals surface area contributed by atoms with Crippen LogP contribution in [0.2, 0.25) is 0 Å². The number of carbonyl (C=O) groups is 2. The summed E-state index contributed by atoms with van der Waals surface area (Å²) in [4.78, 5) is 24.9. The van der Waals surface area contributed by atoms with Gasteiger partial charge < -0.3 is 9.47 Å². The Balaban J connectivity index is 2.84. The molecule has 1 aliphatic carbocycles. The van der Waals surface area contributed by atoms with E-state index in [1.54, 1.807) is 0 Å². The lowest BCUT2D eigenvalue weighted by Crippen LogP contribution is -2.38. The smallest absolute Gasteiger partial charge is 0.310 e. The molecule has 4 nitrogen and oxygen atoms in total. The van der Waals surface area contributed by atoms with Crippen molar-refractivity contribution in [2.45, 2.75) is 72.1 Å². The van der Waals surface area contributed by atoms with Gasteiger partial charge in [0.05, 0.1) is 25.0 Å². The summed E-state index contributed by atoms with van der Waals surface area (Å²) in [6.45, 7) is 6.78. The van der Waals surface area contributed by atoms with Crippen LogP contribution in [0.15, 0.2) is 0 Å². The Bertz CT molecular complexity index is 334. The number of hydrogen-bond acceptors (Lipinski definition) is 4. The molecule has 0 spiro atoms. The van der Waals surface area contributed by atoms with E-state index in [-0.39, 0.29) is 29.7 Å². The zero-order valence-electron chi connectivity index (χ0n) is 14.4. The van der Waals surface area contributed by atoms with Gasteiger partial charge in [0, 0.05) is 0 Å². The molecule has 1 saturated carbocycles. The third-order valence-electron chi connectivity index (χ3n) is 4.50. The first-order valence-corrected chi connectivity index (χ1v) is 8.98. The van der Waals surface area contributed by atoms with E-state index in [1.807, 2.05) is 20.8 Å². The van der Waals surface area contributed by atoms with Gasteiger partial charge in [0.2, 0.25) is 0 Å². The van der Waals surface area contributed by atoms with Gasteiger partial charge in [-0.25, -0.2) is 0 Å². The molecule has 2 unspecified atom stereocenters. The highest BCUT2D eigenvalue weighted by atomic mass is 16.5. The Morgan fingerprint density at radius 2 is 1.45 bits per heavy atom. The molecule has 2 atom stereocenters. The van der Waals surface area contributed by atoms with E-state index < -0.39 is 0 Å². The van der Waals surface area contributed by atoms with Crippen molar-refractivity contribution in [3.8, 4) is 0 Å². The zero-order chi connectivity index (χ0) is 16.4. The van der Waals surface area contributed by atoms with Crippen LogP contribution in [0.3, 0.4) is 0 Å². The van der Waals surface area contributed by atoms with E-state index in [4.69, 9.17) is 9.47 Å². The molecule has 0 saturated heterocycles. The van der Waals surface area contributed by atoms with Crippen LogP contribution in [0, 0.1) is 17.8 Å². The lowest BCUT2D eigenvalue weighted by Gasteiger charge is -2.32. The molecule has 1 fully saturated rings. The van der Waals surface area contributed by atoms with Crippen molar-refractivity contribution in [2.24, 2.45) is 17.8 Å². The Hall–Kier alpha value is -1.06. The Kier molecular flexibility index (Phi) is 9.17. The van der Waals surface area contributed by atoms with E-state index in [0.717, 1.165) is 38.5 Å². The monoisotopic (exact) mass is 312 g/mol. The van der Waals surface area contributed by atoms with Crippen molar-refractivity contribution in [3.05, 3.63) is 0 Å². The number of carbonyl (C=O) groups excluding carboxylic acids is 2. The predicted octanol–water partition coefficient (Wildman–Crippen LogP) is 4.12. The second kappa shape index (κ2) is 10.6. The van der Waals surface area contributed by atoms with Gasteiger partial charge >= 0.3 is 11.9 Å². The molecule has 0 radical (unpaired) electrons. The normalized spacial score (nSPS) is 18.5. The molecule has 22 heavy (non-hydrogen) atoms. The van der Waals surface area contributed by atoms with Crippen molar-refractivity contribution >= 4 is 11.9 Å². The molecule has 0 aliphatic heterocycles. The Morgan fingerprint density at radius 3 is 1.95 bits per heavy atom. The summed E-state index contributed by atoms with van der Waals surface area (Å²) in [6.07, 6.45) is 7.78. The average molecular weight is 312 g/mol. The van der Waals surface area contributed by atoms with Gasteiger partial charge in [-0.15, -0.1) is 0 Å². The predicted molar refractivity (Wildman–Crippen MR) is 86.3 cm³/mol. The van der Waals surface area contributed by atoms with Crippen LogP contribution in [0.1, 0.15) is 72.1 Å². The Morgan fingerprint density at radius 1 is 0.909 bits per heavy atom. The molecular weight excluding hydrogens is 280 g/mol. The molecule has 0 aromatic rings. The summed E-state index contributed by atoms with van der Waals surface area (Å²) < 4.78 is 10.7. The minimum atomic E-state index is -0.362. The van der Waals surface area contributed by atoms with Gasteiger partial charge in [-0.3, -0.25) is 9.59 Å². The fraction of sp³-hybridized carbons (Fsp3) is 0.889. The quantitative estimate of drug-likeness (QED) is 0.601. The van der Waals surface area contributed by atoms with Crippen LogP contribution in [0.5, 0.6) is 0 Å². The summed E-state index contributed by atoms with van der Waals surface area (Å²) in [5.74, 6) is -0.861. The van der Waals surface area contributed by atoms with Crippen LogP contribution < -0.4 is 0 Å². The molecule has 0 amide bonds. The standard InChI is InChI=1S/C18H32O4/c1-4-12-21-17(19)15(6-3)16(18(20)22-13-5-2)14-10-8-7-9-11-14/h14-16H,4-13H2,1-3H3. The third-order valence-corrected chi connectivity index (χ3v) is 4.50. The minimum absolute atomic E-state index is 0.200. The first-order valence-electron chi connectivity index (χ1n) is 8.98. The van der Waals surface area contributed by atoms with Crippen molar-refractivity contribution in [3.63, 3.8) is 0 Å². The van der Waals surface area contributed by atoms with Crippen LogP contribution in [-0.4, -0.2) is 25.2 Å². The van der Waals surface area contributed by atoms with Crippen LogP contribution in [0.25, 0.3) is 0 Å². The van der Waals surface area contributed by atoms with E-state index in [1.165, 1.54) is 6.42 Å². The molecule has 1 aliphatic rings. The highest BCUT2D eigenvalue weighted by molar-refractivity contribution is 5.82. The largest absolute Gasteiger partial charge is 0.465 e. The molecule has 0 bridgehead atoms. The fourth-order valence-electron chi connectivity index (χ4n) is 3.35. The highest BCUT2D eigenvalue weighted by Crippen LogP contribution is 2.36. The number of rotatable bonds is 9. The van der Waals surface area contributed by atoms with Gasteiger partial charge in [0.25, 0.3) is 0 Å². The number of esters is 2. The molecule has 4 heteroatoms. The van der Waals surface area contributed by atoms with E-state index in [9.17, 15) is 9.59 Å². The van der Waals surface area contributed by atoms with Crippen LogP contribution in [-0.2, 0) is 19.1 Å². The lowest BCUT2D eigenvalue weighted by atomic mass is 9.73. The summed E-state index contributed by atoms with van der Waals surface area (Å²) in [6, 6.07) is 0. The lowest BCUT2D eigenvalue weighted by molar-refractivity contribution is -0.164. The second-order valence-electron chi connectivity index (χ2n) is 6.27. The second-order valence-corrected chi connectivity index (χ2v) is 6.27. The number of hydrogen-bond donors (Lipinski definition) is 0. The third kappa shape index (κ3) is 5.62. The van der Waals surface area contributed by atoms with E-state index in [2.05, 4.69) is 0 Å².